The normalized spacial score (nSPS) is 19.1. The van der Waals surface area contributed by atoms with Gasteiger partial charge in [0.2, 0.25) is 0 Å². The Morgan fingerprint density at radius 1 is 1.48 bits per heavy atom. The minimum Gasteiger partial charge on any atom is -0.451 e. The third-order valence-electron chi connectivity index (χ3n) is 3.24. The Bertz CT molecular complexity index is 540. The van der Waals surface area contributed by atoms with E-state index in [9.17, 15) is 9.59 Å². The third kappa shape index (κ3) is 4.28. The molecule has 114 valence electrons. The molecule has 1 fully saturated rings. The lowest BCUT2D eigenvalue weighted by atomic mass is 10.2. The van der Waals surface area contributed by atoms with Gasteiger partial charge in [0.1, 0.15) is 0 Å². The van der Waals surface area contributed by atoms with E-state index < -0.39 is 18.2 Å². The molecule has 1 heterocycles. The van der Waals surface area contributed by atoms with E-state index in [0.717, 1.165) is 16.5 Å². The maximum atomic E-state index is 12.0. The van der Waals surface area contributed by atoms with Crippen LogP contribution in [0, 0.1) is 6.92 Å². The highest BCUT2D eigenvalue weighted by molar-refractivity contribution is 9.10. The highest BCUT2D eigenvalue weighted by Gasteiger charge is 2.28. The number of aryl methyl sites for hydroxylation is 1. The fourth-order valence-corrected chi connectivity index (χ4v) is 2.62. The standard InChI is InChI=1S/C15H18BrNO4/c1-9-5-6-12(11(16)8-9)17-14(18)10(2)21-15(19)13-4-3-7-20-13/h5-6,8,10,13H,3-4,7H2,1-2H3,(H,17,18)/t10-,13+/m1/s1. The minimum absolute atomic E-state index is 0.370. The molecule has 0 radical (unpaired) electrons. The topological polar surface area (TPSA) is 64.6 Å². The van der Waals surface area contributed by atoms with E-state index in [1.807, 2.05) is 19.1 Å². The summed E-state index contributed by atoms with van der Waals surface area (Å²) in [6.45, 7) is 4.07. The van der Waals surface area contributed by atoms with Crippen molar-refractivity contribution in [2.45, 2.75) is 38.9 Å². The number of halogens is 1. The molecule has 0 saturated carbocycles. The summed E-state index contributed by atoms with van der Waals surface area (Å²) in [5, 5.41) is 2.73. The summed E-state index contributed by atoms with van der Waals surface area (Å²) in [6.07, 6.45) is 0.0918. The Labute approximate surface area is 132 Å². The second kappa shape index (κ2) is 7.04. The molecule has 6 heteroatoms. The quantitative estimate of drug-likeness (QED) is 0.843. The molecule has 1 aromatic rings. The van der Waals surface area contributed by atoms with Gasteiger partial charge in [-0.3, -0.25) is 4.79 Å². The van der Waals surface area contributed by atoms with Crippen LogP contribution < -0.4 is 5.32 Å². The Morgan fingerprint density at radius 2 is 2.24 bits per heavy atom. The van der Waals surface area contributed by atoms with E-state index in [4.69, 9.17) is 9.47 Å². The van der Waals surface area contributed by atoms with Crippen LogP contribution in [0.15, 0.2) is 22.7 Å². The molecule has 1 aromatic carbocycles. The van der Waals surface area contributed by atoms with Crippen LogP contribution in [0.3, 0.4) is 0 Å². The zero-order valence-electron chi connectivity index (χ0n) is 12.0. The summed E-state index contributed by atoms with van der Waals surface area (Å²) in [5.41, 5.74) is 1.73. The van der Waals surface area contributed by atoms with Gasteiger partial charge in [0.15, 0.2) is 12.2 Å². The molecule has 2 atom stereocenters. The predicted molar refractivity (Wildman–Crippen MR) is 82.0 cm³/mol. The molecule has 0 aliphatic carbocycles. The molecule has 1 N–H and O–H groups in total. The lowest BCUT2D eigenvalue weighted by Gasteiger charge is -2.16. The van der Waals surface area contributed by atoms with Gasteiger partial charge in [-0.25, -0.2) is 4.79 Å². The number of esters is 1. The van der Waals surface area contributed by atoms with Crippen LogP contribution >= 0.6 is 15.9 Å². The number of carbonyl (C=O) groups excluding carboxylic acids is 2. The number of amides is 1. The van der Waals surface area contributed by atoms with Crippen molar-refractivity contribution in [1.29, 1.82) is 0 Å². The smallest absolute Gasteiger partial charge is 0.336 e. The fraction of sp³-hybridized carbons (Fsp3) is 0.467. The summed E-state index contributed by atoms with van der Waals surface area (Å²) in [7, 11) is 0. The van der Waals surface area contributed by atoms with E-state index >= 15 is 0 Å². The molecule has 0 aromatic heterocycles. The number of carbonyl (C=O) groups is 2. The van der Waals surface area contributed by atoms with Gasteiger partial charge in [-0.1, -0.05) is 6.07 Å². The Balaban J connectivity index is 1.91. The summed E-state index contributed by atoms with van der Waals surface area (Å²) in [4.78, 5) is 23.8. The van der Waals surface area contributed by atoms with Crippen molar-refractivity contribution in [3.8, 4) is 0 Å². The van der Waals surface area contributed by atoms with E-state index in [-0.39, 0.29) is 5.91 Å². The van der Waals surface area contributed by atoms with Gasteiger partial charge in [0, 0.05) is 11.1 Å². The van der Waals surface area contributed by atoms with Gasteiger partial charge in [0.05, 0.1) is 5.69 Å². The van der Waals surface area contributed by atoms with Crippen LogP contribution in [0.1, 0.15) is 25.3 Å². The molecule has 0 bridgehead atoms. The zero-order chi connectivity index (χ0) is 15.4. The second-order valence-corrected chi connectivity index (χ2v) is 5.91. The van der Waals surface area contributed by atoms with Gasteiger partial charge in [-0.15, -0.1) is 0 Å². The van der Waals surface area contributed by atoms with E-state index in [1.54, 1.807) is 13.0 Å². The first kappa shape index (κ1) is 16.0. The number of rotatable bonds is 4. The molecule has 1 saturated heterocycles. The largest absolute Gasteiger partial charge is 0.451 e. The third-order valence-corrected chi connectivity index (χ3v) is 3.89. The van der Waals surface area contributed by atoms with Crippen molar-refractivity contribution in [2.24, 2.45) is 0 Å². The van der Waals surface area contributed by atoms with Crippen molar-refractivity contribution in [2.75, 3.05) is 11.9 Å². The Morgan fingerprint density at radius 3 is 2.86 bits per heavy atom. The van der Waals surface area contributed by atoms with Gasteiger partial charge >= 0.3 is 5.97 Å². The van der Waals surface area contributed by atoms with Crippen LogP contribution in [0.25, 0.3) is 0 Å². The highest BCUT2D eigenvalue weighted by Crippen LogP contribution is 2.23. The predicted octanol–water partition coefficient (Wildman–Crippen LogP) is 2.81. The van der Waals surface area contributed by atoms with Crippen LogP contribution in [0.5, 0.6) is 0 Å². The maximum Gasteiger partial charge on any atom is 0.336 e. The number of anilines is 1. The molecule has 2 rings (SSSR count). The lowest BCUT2D eigenvalue weighted by Crippen LogP contribution is -2.34. The van der Waals surface area contributed by atoms with Crippen LogP contribution in [-0.4, -0.2) is 30.7 Å². The van der Waals surface area contributed by atoms with Gasteiger partial charge in [-0.2, -0.15) is 0 Å². The molecule has 5 nitrogen and oxygen atoms in total. The summed E-state index contributed by atoms with van der Waals surface area (Å²) in [5.74, 6) is -0.843. The molecule has 0 unspecified atom stereocenters. The van der Waals surface area contributed by atoms with Gasteiger partial charge < -0.3 is 14.8 Å². The van der Waals surface area contributed by atoms with Gasteiger partial charge in [-0.05, 0) is 60.3 Å². The van der Waals surface area contributed by atoms with Crippen molar-refractivity contribution in [1.82, 2.24) is 0 Å². The first-order valence-electron chi connectivity index (χ1n) is 6.86. The van der Waals surface area contributed by atoms with Crippen molar-refractivity contribution < 1.29 is 19.1 Å². The van der Waals surface area contributed by atoms with E-state index in [0.29, 0.717) is 18.7 Å². The number of hydrogen-bond donors (Lipinski definition) is 1. The number of nitrogens with one attached hydrogen (secondary N) is 1. The molecule has 0 spiro atoms. The summed E-state index contributed by atoms with van der Waals surface area (Å²) >= 11 is 3.39. The fourth-order valence-electron chi connectivity index (χ4n) is 2.02. The average Bonchev–Trinajstić information content (AvgIpc) is 2.95. The van der Waals surface area contributed by atoms with Crippen LogP contribution in [0.2, 0.25) is 0 Å². The first-order chi connectivity index (χ1) is 9.97. The lowest BCUT2D eigenvalue weighted by molar-refractivity contribution is -0.162. The minimum atomic E-state index is -0.866. The van der Waals surface area contributed by atoms with Crippen molar-refractivity contribution >= 4 is 33.5 Å². The summed E-state index contributed by atoms with van der Waals surface area (Å²) < 4.78 is 11.2. The zero-order valence-corrected chi connectivity index (χ0v) is 13.6. The Kier molecular flexibility index (Phi) is 5.36. The molecule has 1 amide bonds. The van der Waals surface area contributed by atoms with Gasteiger partial charge in [0.25, 0.3) is 5.91 Å². The average molecular weight is 356 g/mol. The van der Waals surface area contributed by atoms with Crippen LogP contribution in [-0.2, 0) is 19.1 Å². The number of hydrogen-bond acceptors (Lipinski definition) is 4. The first-order valence-corrected chi connectivity index (χ1v) is 7.66. The molecular formula is C15H18BrNO4. The molecule has 1 aliphatic rings. The number of benzene rings is 1. The monoisotopic (exact) mass is 355 g/mol. The number of ether oxygens (including phenoxy) is 2. The van der Waals surface area contributed by atoms with Crippen LogP contribution in [0.4, 0.5) is 5.69 Å². The molecule has 1 aliphatic heterocycles. The highest BCUT2D eigenvalue weighted by atomic mass is 79.9. The van der Waals surface area contributed by atoms with E-state index in [1.165, 1.54) is 0 Å². The van der Waals surface area contributed by atoms with Crippen molar-refractivity contribution in [3.05, 3.63) is 28.2 Å². The molecule has 21 heavy (non-hydrogen) atoms. The van der Waals surface area contributed by atoms with Crippen molar-refractivity contribution in [3.63, 3.8) is 0 Å². The van der Waals surface area contributed by atoms with E-state index in [2.05, 4.69) is 21.2 Å². The SMILES string of the molecule is Cc1ccc(NC(=O)[C@@H](C)OC(=O)[C@@H]2CCCO2)c(Br)c1. The Hall–Kier alpha value is -1.40. The second-order valence-electron chi connectivity index (χ2n) is 5.05. The molecular weight excluding hydrogens is 338 g/mol. The summed E-state index contributed by atoms with van der Waals surface area (Å²) in [6, 6.07) is 5.59. The maximum absolute atomic E-state index is 12.0.